The van der Waals surface area contributed by atoms with Gasteiger partial charge < -0.3 is 0 Å². The summed E-state index contributed by atoms with van der Waals surface area (Å²) >= 11 is 3.51. The summed E-state index contributed by atoms with van der Waals surface area (Å²) in [4.78, 5) is 5.75. The van der Waals surface area contributed by atoms with Crippen LogP contribution in [0.2, 0.25) is 0 Å². The summed E-state index contributed by atoms with van der Waals surface area (Å²) in [5.41, 5.74) is 4.51. The van der Waals surface area contributed by atoms with Crippen LogP contribution in [0.15, 0.2) is 71.2 Å². The first kappa shape index (κ1) is 12.5. The highest BCUT2D eigenvalue weighted by molar-refractivity contribution is 7.98. The molecule has 0 spiro atoms. The van der Waals surface area contributed by atoms with E-state index in [1.54, 1.807) is 23.1 Å². The van der Waals surface area contributed by atoms with E-state index in [2.05, 4.69) is 53.5 Å². The lowest BCUT2D eigenvalue weighted by atomic mass is 10.2. The van der Waals surface area contributed by atoms with Gasteiger partial charge >= 0.3 is 0 Å². The maximum Gasteiger partial charge on any atom is 0.115 e. The van der Waals surface area contributed by atoms with Gasteiger partial charge in [0.2, 0.25) is 0 Å². The van der Waals surface area contributed by atoms with Crippen molar-refractivity contribution in [2.24, 2.45) is 0 Å². The van der Waals surface area contributed by atoms with Gasteiger partial charge in [-0.25, -0.2) is 4.98 Å². The van der Waals surface area contributed by atoms with Crippen molar-refractivity contribution in [2.45, 2.75) is 10.8 Å². The van der Waals surface area contributed by atoms with Gasteiger partial charge in [-0.3, -0.25) is 0 Å². The third-order valence-electron chi connectivity index (χ3n) is 2.79. The number of hydrogen-bond acceptors (Lipinski definition) is 3. The molecule has 3 rings (SSSR count). The predicted molar refractivity (Wildman–Crippen MR) is 83.6 cm³/mol. The van der Waals surface area contributed by atoms with Crippen molar-refractivity contribution in [3.05, 3.63) is 71.7 Å². The number of aromatic nitrogens is 1. The number of rotatable bonds is 4. The van der Waals surface area contributed by atoms with Gasteiger partial charge in [0.1, 0.15) is 5.03 Å². The van der Waals surface area contributed by atoms with Crippen molar-refractivity contribution >= 4 is 23.1 Å². The number of thiazole rings is 1. The summed E-state index contributed by atoms with van der Waals surface area (Å²) in [6.45, 7) is 0. The lowest BCUT2D eigenvalue weighted by Gasteiger charge is -2.02. The molecule has 0 saturated carbocycles. The molecule has 1 heterocycles. The number of nitrogens with zero attached hydrogens (tertiary/aromatic N) is 1. The van der Waals surface area contributed by atoms with Gasteiger partial charge in [0, 0.05) is 5.75 Å². The van der Waals surface area contributed by atoms with Crippen molar-refractivity contribution in [3.63, 3.8) is 0 Å². The summed E-state index contributed by atoms with van der Waals surface area (Å²) in [6.07, 6.45) is 0. The average molecular weight is 283 g/mol. The third kappa shape index (κ3) is 3.06. The first-order chi connectivity index (χ1) is 9.43. The van der Waals surface area contributed by atoms with Crippen LogP contribution in [0.25, 0.3) is 10.4 Å². The molecule has 1 aromatic heterocycles. The fraction of sp³-hybridized carbons (Fsp3) is 0.0625. The van der Waals surface area contributed by atoms with Gasteiger partial charge in [0.05, 0.1) is 10.4 Å². The maximum absolute atomic E-state index is 4.49. The van der Waals surface area contributed by atoms with Gasteiger partial charge in [-0.2, -0.15) is 0 Å². The molecule has 0 fully saturated rings. The van der Waals surface area contributed by atoms with Crippen LogP contribution in [0.4, 0.5) is 0 Å². The van der Waals surface area contributed by atoms with Crippen molar-refractivity contribution in [1.82, 2.24) is 4.98 Å². The highest BCUT2D eigenvalue weighted by Gasteiger charge is 2.08. The Morgan fingerprint density at radius 2 is 1.58 bits per heavy atom. The zero-order valence-electron chi connectivity index (χ0n) is 10.3. The number of thioether (sulfide) groups is 1. The van der Waals surface area contributed by atoms with Gasteiger partial charge in [-0.15, -0.1) is 23.1 Å². The fourth-order valence-electron chi connectivity index (χ4n) is 1.85. The van der Waals surface area contributed by atoms with Crippen molar-refractivity contribution in [1.29, 1.82) is 0 Å². The highest BCUT2D eigenvalue weighted by atomic mass is 32.2. The maximum atomic E-state index is 4.49. The quantitative estimate of drug-likeness (QED) is 0.618. The molecule has 19 heavy (non-hydrogen) atoms. The lowest BCUT2D eigenvalue weighted by Crippen LogP contribution is -1.81. The molecule has 0 aliphatic carbocycles. The first-order valence-corrected chi connectivity index (χ1v) is 7.95. The molecule has 0 saturated heterocycles. The van der Waals surface area contributed by atoms with E-state index in [1.165, 1.54) is 16.0 Å². The van der Waals surface area contributed by atoms with Gasteiger partial charge in [-0.1, -0.05) is 60.7 Å². The molecule has 3 aromatic rings. The smallest absolute Gasteiger partial charge is 0.115 e. The van der Waals surface area contributed by atoms with Gasteiger partial charge in [0.15, 0.2) is 0 Å². The van der Waals surface area contributed by atoms with E-state index in [-0.39, 0.29) is 0 Å². The summed E-state index contributed by atoms with van der Waals surface area (Å²) in [6, 6.07) is 21.0. The van der Waals surface area contributed by atoms with E-state index in [9.17, 15) is 0 Å². The number of hydrogen-bond donors (Lipinski definition) is 0. The second-order valence-corrected chi connectivity index (χ2v) is 5.95. The van der Waals surface area contributed by atoms with E-state index in [1.807, 2.05) is 17.6 Å². The molecule has 0 aliphatic rings. The Balaban J connectivity index is 1.78. The lowest BCUT2D eigenvalue weighted by molar-refractivity contribution is 1.20. The van der Waals surface area contributed by atoms with Crippen LogP contribution in [0.5, 0.6) is 0 Å². The zero-order chi connectivity index (χ0) is 12.9. The average Bonchev–Trinajstić information content (AvgIpc) is 2.95. The topological polar surface area (TPSA) is 12.9 Å². The molecule has 0 N–H and O–H groups in total. The molecule has 0 aliphatic heterocycles. The standard InChI is InChI=1S/C16H13NS2/c1-3-7-13(8-4-1)11-18-16-15(19-12-17-16)14-9-5-2-6-10-14/h1-10,12H,11H2. The van der Waals surface area contributed by atoms with E-state index >= 15 is 0 Å². The Bertz CT molecular complexity index is 632. The molecule has 2 aromatic carbocycles. The summed E-state index contributed by atoms with van der Waals surface area (Å²) in [5, 5.41) is 1.13. The Kier molecular flexibility index (Phi) is 3.96. The molecular formula is C16H13NS2. The largest absolute Gasteiger partial charge is 0.238 e. The molecule has 0 amide bonds. The second-order valence-electron chi connectivity index (χ2n) is 4.13. The monoisotopic (exact) mass is 283 g/mol. The van der Waals surface area contributed by atoms with Crippen molar-refractivity contribution in [2.75, 3.05) is 0 Å². The summed E-state index contributed by atoms with van der Waals surface area (Å²) in [5.74, 6) is 0.963. The van der Waals surface area contributed by atoms with E-state index in [0.29, 0.717) is 0 Å². The van der Waals surface area contributed by atoms with Crippen LogP contribution in [0.1, 0.15) is 5.56 Å². The third-order valence-corrected chi connectivity index (χ3v) is 4.85. The molecule has 0 unspecified atom stereocenters. The van der Waals surface area contributed by atoms with Gasteiger partial charge in [0.25, 0.3) is 0 Å². The molecule has 0 atom stereocenters. The molecule has 94 valence electrons. The molecule has 1 nitrogen and oxygen atoms in total. The summed E-state index contributed by atoms with van der Waals surface area (Å²) < 4.78 is 0. The SMILES string of the molecule is c1ccc(CSc2ncsc2-c2ccccc2)cc1. The van der Waals surface area contributed by atoms with Crippen LogP contribution in [-0.2, 0) is 5.75 Å². The minimum absolute atomic E-state index is 0.963. The van der Waals surface area contributed by atoms with Crippen molar-refractivity contribution in [3.8, 4) is 10.4 Å². The van der Waals surface area contributed by atoms with Gasteiger partial charge in [-0.05, 0) is 11.1 Å². The minimum Gasteiger partial charge on any atom is -0.238 e. The molecular weight excluding hydrogens is 270 g/mol. The van der Waals surface area contributed by atoms with E-state index < -0.39 is 0 Å². The Hall–Kier alpha value is -1.58. The Morgan fingerprint density at radius 1 is 0.895 bits per heavy atom. The zero-order valence-corrected chi connectivity index (χ0v) is 12.0. The molecule has 0 radical (unpaired) electrons. The van der Waals surface area contributed by atoms with Crippen molar-refractivity contribution < 1.29 is 0 Å². The normalized spacial score (nSPS) is 10.5. The molecule has 3 heteroatoms. The second kappa shape index (κ2) is 6.04. The van der Waals surface area contributed by atoms with Crippen LogP contribution in [0, 0.1) is 0 Å². The fourth-order valence-corrected chi connectivity index (χ4v) is 3.79. The van der Waals surface area contributed by atoms with Crippen LogP contribution in [-0.4, -0.2) is 4.98 Å². The Morgan fingerprint density at radius 3 is 2.32 bits per heavy atom. The van der Waals surface area contributed by atoms with E-state index in [4.69, 9.17) is 0 Å². The number of benzene rings is 2. The Labute approximate surface area is 121 Å². The van der Waals surface area contributed by atoms with Crippen LogP contribution < -0.4 is 0 Å². The van der Waals surface area contributed by atoms with Crippen LogP contribution >= 0.6 is 23.1 Å². The van der Waals surface area contributed by atoms with Crippen LogP contribution in [0.3, 0.4) is 0 Å². The predicted octanol–water partition coefficient (Wildman–Crippen LogP) is 5.10. The molecule has 0 bridgehead atoms. The summed E-state index contributed by atoms with van der Waals surface area (Å²) in [7, 11) is 0. The highest BCUT2D eigenvalue weighted by Crippen LogP contribution is 2.35. The first-order valence-electron chi connectivity index (χ1n) is 6.09. The minimum atomic E-state index is 0.963. The van der Waals surface area contributed by atoms with E-state index in [0.717, 1.165) is 10.8 Å².